The number of nitrogens with zero attached hydrogens (tertiary/aromatic N) is 2. The third kappa shape index (κ3) is 4.43. The lowest BCUT2D eigenvalue weighted by Crippen LogP contribution is -2.37. The Labute approximate surface area is 190 Å². The lowest BCUT2D eigenvalue weighted by atomic mass is 9.98. The van der Waals surface area contributed by atoms with Gasteiger partial charge in [-0.3, -0.25) is 14.5 Å². The van der Waals surface area contributed by atoms with Crippen LogP contribution in [0.1, 0.15) is 56.2 Å². The molecule has 0 N–H and O–H groups in total. The summed E-state index contributed by atoms with van der Waals surface area (Å²) in [5.41, 5.74) is 4.38. The van der Waals surface area contributed by atoms with Crippen molar-refractivity contribution in [3.05, 3.63) is 70.9 Å². The number of imide groups is 1. The van der Waals surface area contributed by atoms with E-state index >= 15 is 0 Å². The molecule has 4 rings (SSSR count). The van der Waals surface area contributed by atoms with Gasteiger partial charge in [0.15, 0.2) is 0 Å². The van der Waals surface area contributed by atoms with Crippen LogP contribution in [0.3, 0.4) is 0 Å². The molecule has 2 aromatic rings. The average molecular weight is 433 g/mol. The summed E-state index contributed by atoms with van der Waals surface area (Å²) in [6.07, 6.45) is 4.98. The normalized spacial score (nSPS) is 16.1. The lowest BCUT2D eigenvalue weighted by Gasteiger charge is -2.31. The predicted octanol–water partition coefficient (Wildman–Crippen LogP) is 4.80. The van der Waals surface area contributed by atoms with Crippen molar-refractivity contribution in [1.82, 2.24) is 9.80 Å². The van der Waals surface area contributed by atoms with E-state index in [4.69, 9.17) is 4.74 Å². The quantitative estimate of drug-likeness (QED) is 0.422. The zero-order valence-corrected chi connectivity index (χ0v) is 19.1. The fraction of sp³-hybridized carbons (Fsp3) is 0.407. The van der Waals surface area contributed by atoms with Crippen LogP contribution < -0.4 is 4.74 Å². The first-order valence-corrected chi connectivity index (χ1v) is 11.8. The predicted molar refractivity (Wildman–Crippen MR) is 126 cm³/mol. The van der Waals surface area contributed by atoms with E-state index in [0.717, 1.165) is 50.0 Å². The van der Waals surface area contributed by atoms with Crippen LogP contribution in [-0.4, -0.2) is 41.3 Å². The van der Waals surface area contributed by atoms with Gasteiger partial charge in [0.25, 0.3) is 11.8 Å². The Morgan fingerprint density at radius 2 is 1.62 bits per heavy atom. The third-order valence-corrected chi connectivity index (χ3v) is 6.28. The van der Waals surface area contributed by atoms with E-state index in [1.807, 2.05) is 37.3 Å². The topological polar surface area (TPSA) is 49.9 Å². The summed E-state index contributed by atoms with van der Waals surface area (Å²) in [4.78, 5) is 30.6. The van der Waals surface area contributed by atoms with Crippen LogP contribution in [0.15, 0.2) is 54.2 Å². The number of benzene rings is 2. The Kier molecular flexibility index (Phi) is 6.93. The summed E-state index contributed by atoms with van der Waals surface area (Å²) in [6.45, 7) is 6.54. The molecule has 5 heteroatoms. The number of hydrogen-bond donors (Lipinski definition) is 0. The van der Waals surface area contributed by atoms with Gasteiger partial charge in [-0.2, -0.15) is 0 Å². The highest BCUT2D eigenvalue weighted by Crippen LogP contribution is 2.35. The maximum Gasteiger partial charge on any atom is 0.277 e. The highest BCUT2D eigenvalue weighted by molar-refractivity contribution is 6.35. The summed E-state index contributed by atoms with van der Waals surface area (Å²) in [6, 6.07) is 15.9. The monoisotopic (exact) mass is 432 g/mol. The first kappa shape index (κ1) is 22.1. The van der Waals surface area contributed by atoms with E-state index in [0.29, 0.717) is 31.0 Å². The fourth-order valence-corrected chi connectivity index (χ4v) is 4.59. The standard InChI is InChI=1S/C27H32N2O3/c1-3-5-6-9-17-29-26(30)24(21-12-14-23(15-13-21)32-4-2)25(27(29)31)28-18-16-20-10-7-8-11-22(20)19-28/h7-8,10-15H,3-6,9,16-19H2,1-2H3. The lowest BCUT2D eigenvalue weighted by molar-refractivity contribution is -0.137. The van der Waals surface area contributed by atoms with Gasteiger partial charge in [-0.05, 0) is 48.6 Å². The van der Waals surface area contributed by atoms with Crippen molar-refractivity contribution in [1.29, 1.82) is 0 Å². The van der Waals surface area contributed by atoms with E-state index in [1.165, 1.54) is 16.0 Å². The van der Waals surface area contributed by atoms with Gasteiger partial charge >= 0.3 is 0 Å². The van der Waals surface area contributed by atoms with Crippen LogP contribution in [0.2, 0.25) is 0 Å². The molecule has 168 valence electrons. The molecule has 32 heavy (non-hydrogen) atoms. The summed E-state index contributed by atoms with van der Waals surface area (Å²) in [5.74, 6) is 0.428. The average Bonchev–Trinajstić information content (AvgIpc) is 3.07. The van der Waals surface area contributed by atoms with Gasteiger partial charge in [0.05, 0.1) is 12.2 Å². The Morgan fingerprint density at radius 3 is 2.34 bits per heavy atom. The zero-order valence-electron chi connectivity index (χ0n) is 19.1. The van der Waals surface area contributed by atoms with Crippen molar-refractivity contribution in [3.63, 3.8) is 0 Å². The minimum atomic E-state index is -0.176. The SMILES string of the molecule is CCCCCCN1C(=O)C(c2ccc(OCC)cc2)=C(N2CCc3ccccc3C2)C1=O. The molecule has 0 saturated heterocycles. The number of rotatable bonds is 9. The van der Waals surface area contributed by atoms with Gasteiger partial charge in [0, 0.05) is 19.6 Å². The fourth-order valence-electron chi connectivity index (χ4n) is 4.59. The minimum absolute atomic E-state index is 0.158. The molecule has 2 aliphatic rings. The van der Waals surface area contributed by atoms with Gasteiger partial charge in [-0.15, -0.1) is 0 Å². The van der Waals surface area contributed by atoms with Crippen molar-refractivity contribution < 1.29 is 14.3 Å². The molecule has 0 unspecified atom stereocenters. The summed E-state index contributed by atoms with van der Waals surface area (Å²) in [5, 5.41) is 0. The molecule has 0 bridgehead atoms. The van der Waals surface area contributed by atoms with Crippen LogP contribution >= 0.6 is 0 Å². The van der Waals surface area contributed by atoms with E-state index in [-0.39, 0.29) is 11.8 Å². The van der Waals surface area contributed by atoms with Gasteiger partial charge < -0.3 is 9.64 Å². The van der Waals surface area contributed by atoms with Crippen molar-refractivity contribution in [2.24, 2.45) is 0 Å². The van der Waals surface area contributed by atoms with Gasteiger partial charge in [-0.25, -0.2) is 0 Å². The molecule has 0 saturated carbocycles. The highest BCUT2D eigenvalue weighted by Gasteiger charge is 2.41. The number of amides is 2. The van der Waals surface area contributed by atoms with Crippen molar-refractivity contribution in [2.75, 3.05) is 19.7 Å². The van der Waals surface area contributed by atoms with Gasteiger partial charge in [-0.1, -0.05) is 62.6 Å². The minimum Gasteiger partial charge on any atom is -0.494 e. The van der Waals surface area contributed by atoms with Crippen LogP contribution in [0.4, 0.5) is 0 Å². The largest absolute Gasteiger partial charge is 0.494 e. The molecule has 2 aromatic carbocycles. The van der Waals surface area contributed by atoms with E-state index in [9.17, 15) is 9.59 Å². The maximum atomic E-state index is 13.5. The van der Waals surface area contributed by atoms with Crippen LogP contribution in [0.5, 0.6) is 5.75 Å². The third-order valence-electron chi connectivity index (χ3n) is 6.28. The number of unbranched alkanes of at least 4 members (excludes halogenated alkanes) is 3. The van der Waals surface area contributed by atoms with Crippen molar-refractivity contribution >= 4 is 17.4 Å². The molecule has 0 fully saturated rings. The maximum absolute atomic E-state index is 13.5. The summed E-state index contributed by atoms with van der Waals surface area (Å²) in [7, 11) is 0. The molecular weight excluding hydrogens is 400 g/mol. The second-order valence-corrected chi connectivity index (χ2v) is 8.44. The van der Waals surface area contributed by atoms with Crippen LogP contribution in [0, 0.1) is 0 Å². The summed E-state index contributed by atoms with van der Waals surface area (Å²) < 4.78 is 5.56. The molecule has 2 aliphatic heterocycles. The van der Waals surface area contributed by atoms with E-state index in [2.05, 4.69) is 30.0 Å². The molecule has 0 spiro atoms. The molecule has 0 atom stereocenters. The van der Waals surface area contributed by atoms with Crippen molar-refractivity contribution in [2.45, 2.75) is 52.5 Å². The Balaban J connectivity index is 1.67. The number of carbonyl (C=O) groups excluding carboxylic acids is 2. The molecule has 2 heterocycles. The molecule has 2 amide bonds. The molecule has 0 aliphatic carbocycles. The summed E-state index contributed by atoms with van der Waals surface area (Å²) >= 11 is 0. The molecule has 5 nitrogen and oxygen atoms in total. The number of hydrogen-bond acceptors (Lipinski definition) is 4. The van der Waals surface area contributed by atoms with Crippen molar-refractivity contribution in [3.8, 4) is 5.75 Å². The Morgan fingerprint density at radius 1 is 0.875 bits per heavy atom. The van der Waals surface area contributed by atoms with E-state index < -0.39 is 0 Å². The molecule has 0 radical (unpaired) electrons. The van der Waals surface area contributed by atoms with Gasteiger partial charge in [0.2, 0.25) is 0 Å². The zero-order chi connectivity index (χ0) is 22.5. The first-order valence-electron chi connectivity index (χ1n) is 11.8. The Hall–Kier alpha value is -3.08. The van der Waals surface area contributed by atoms with Gasteiger partial charge in [0.1, 0.15) is 11.4 Å². The second kappa shape index (κ2) is 10.0. The smallest absolute Gasteiger partial charge is 0.277 e. The van der Waals surface area contributed by atoms with E-state index in [1.54, 1.807) is 0 Å². The second-order valence-electron chi connectivity index (χ2n) is 8.44. The number of fused-ring (bicyclic) bond motifs is 1. The number of ether oxygens (including phenoxy) is 1. The van der Waals surface area contributed by atoms with Crippen LogP contribution in [-0.2, 0) is 22.6 Å². The first-order chi connectivity index (χ1) is 15.6. The van der Waals surface area contributed by atoms with Crippen LogP contribution in [0.25, 0.3) is 5.57 Å². The highest BCUT2D eigenvalue weighted by atomic mass is 16.5. The number of carbonyl (C=O) groups is 2. The molecular formula is C27H32N2O3. The Bertz CT molecular complexity index is 1010. The molecule has 0 aromatic heterocycles.